The Morgan fingerprint density at radius 3 is 2.43 bits per heavy atom. The van der Waals surface area contributed by atoms with Gasteiger partial charge in [-0.25, -0.2) is 4.68 Å². The molecule has 35 heavy (non-hydrogen) atoms. The van der Waals surface area contributed by atoms with Crippen molar-refractivity contribution in [2.75, 3.05) is 12.0 Å². The molecule has 5 nitrogen and oxygen atoms in total. The van der Waals surface area contributed by atoms with Gasteiger partial charge in [0.25, 0.3) is 5.91 Å². The fourth-order valence-corrected chi connectivity index (χ4v) is 5.30. The molecular weight excluding hydrogens is 474 g/mol. The molecule has 0 atom stereocenters. The maximum atomic E-state index is 13.5. The molecule has 0 N–H and O–H groups in total. The lowest BCUT2D eigenvalue weighted by Crippen LogP contribution is -2.28. The molecule has 1 fully saturated rings. The van der Waals surface area contributed by atoms with Crippen LogP contribution < -0.4 is 9.64 Å². The zero-order valence-electron chi connectivity index (χ0n) is 19.3. The van der Waals surface area contributed by atoms with Crippen molar-refractivity contribution in [1.29, 1.82) is 0 Å². The molecule has 0 saturated carbocycles. The number of amides is 1. The van der Waals surface area contributed by atoms with Gasteiger partial charge in [-0.3, -0.25) is 9.69 Å². The molecule has 0 radical (unpaired) electrons. The third kappa shape index (κ3) is 4.52. The number of aryl methyl sites for hydroxylation is 1. The summed E-state index contributed by atoms with van der Waals surface area (Å²) in [6.45, 7) is 2.07. The average Bonchev–Trinajstić information content (AvgIpc) is 3.44. The zero-order chi connectivity index (χ0) is 24.4. The standard InChI is InChI=1S/C28H23N3O2S2/c1-3-19-9-7-8-12-24(19)31-27(32)25(35-28(31)34)17-21-18-30(22-10-5-4-6-11-22)29-26(21)20-13-15-23(33-2)16-14-20/h4-18H,3H2,1-2H3. The number of nitrogens with zero attached hydrogens (tertiary/aromatic N) is 3. The lowest BCUT2D eigenvalue weighted by Gasteiger charge is -2.18. The molecule has 2 heterocycles. The van der Waals surface area contributed by atoms with Crippen molar-refractivity contribution in [3.63, 3.8) is 0 Å². The maximum Gasteiger partial charge on any atom is 0.270 e. The normalized spacial score (nSPS) is 14.7. The van der Waals surface area contributed by atoms with E-state index in [9.17, 15) is 4.79 Å². The molecule has 4 aromatic rings. The molecule has 1 aliphatic rings. The number of hydrogen-bond acceptors (Lipinski definition) is 5. The quantitative estimate of drug-likeness (QED) is 0.224. The minimum atomic E-state index is -0.117. The second kappa shape index (κ2) is 9.90. The van der Waals surface area contributed by atoms with Crippen LogP contribution in [-0.2, 0) is 11.2 Å². The number of carbonyl (C=O) groups excluding carboxylic acids is 1. The van der Waals surface area contributed by atoms with Gasteiger partial charge in [0.1, 0.15) is 5.75 Å². The van der Waals surface area contributed by atoms with Crippen molar-refractivity contribution >= 4 is 46.0 Å². The van der Waals surface area contributed by atoms with Gasteiger partial charge in [0.05, 0.1) is 29.1 Å². The van der Waals surface area contributed by atoms with Gasteiger partial charge in [0.2, 0.25) is 0 Å². The van der Waals surface area contributed by atoms with Crippen LogP contribution in [0.4, 0.5) is 5.69 Å². The van der Waals surface area contributed by atoms with E-state index in [-0.39, 0.29) is 5.91 Å². The smallest absolute Gasteiger partial charge is 0.270 e. The summed E-state index contributed by atoms with van der Waals surface area (Å²) in [7, 11) is 1.64. The van der Waals surface area contributed by atoms with E-state index in [1.807, 2.05) is 95.8 Å². The van der Waals surface area contributed by atoms with Crippen LogP contribution >= 0.6 is 24.0 Å². The predicted molar refractivity (Wildman–Crippen MR) is 147 cm³/mol. The highest BCUT2D eigenvalue weighted by molar-refractivity contribution is 8.27. The molecule has 0 bridgehead atoms. The number of benzene rings is 3. The van der Waals surface area contributed by atoms with E-state index in [0.29, 0.717) is 9.23 Å². The summed E-state index contributed by atoms with van der Waals surface area (Å²) in [6.07, 6.45) is 4.65. The van der Waals surface area contributed by atoms with Crippen LogP contribution in [0, 0.1) is 0 Å². The van der Waals surface area contributed by atoms with E-state index in [1.54, 1.807) is 12.0 Å². The van der Waals surface area contributed by atoms with Gasteiger partial charge in [-0.1, -0.05) is 67.3 Å². The van der Waals surface area contributed by atoms with Crippen molar-refractivity contribution in [2.24, 2.45) is 0 Å². The summed E-state index contributed by atoms with van der Waals surface area (Å²) in [5.74, 6) is 0.655. The first-order chi connectivity index (χ1) is 17.1. The minimum absolute atomic E-state index is 0.117. The fourth-order valence-electron chi connectivity index (χ4n) is 4.02. The monoisotopic (exact) mass is 497 g/mol. The van der Waals surface area contributed by atoms with E-state index in [4.69, 9.17) is 22.1 Å². The SMILES string of the molecule is CCc1ccccc1N1C(=O)C(=Cc2cn(-c3ccccc3)nc2-c2ccc(OC)cc2)SC1=S. The number of carbonyl (C=O) groups is 1. The van der Waals surface area contributed by atoms with E-state index in [2.05, 4.69) is 6.92 Å². The Hall–Kier alpha value is -3.68. The Kier molecular flexibility index (Phi) is 6.53. The Bertz CT molecular complexity index is 1430. The summed E-state index contributed by atoms with van der Waals surface area (Å²) in [6, 6.07) is 25.5. The van der Waals surface area contributed by atoms with Crippen LogP contribution in [0.1, 0.15) is 18.1 Å². The molecule has 0 spiro atoms. The first-order valence-corrected chi connectivity index (χ1v) is 12.5. The van der Waals surface area contributed by atoms with E-state index in [1.165, 1.54) is 11.8 Å². The molecular formula is C28H23N3O2S2. The lowest BCUT2D eigenvalue weighted by molar-refractivity contribution is -0.113. The van der Waals surface area contributed by atoms with Gasteiger partial charge in [0, 0.05) is 17.3 Å². The number of rotatable bonds is 6. The fraction of sp³-hybridized carbons (Fsp3) is 0.107. The number of thiocarbonyl (C=S) groups is 1. The van der Waals surface area contributed by atoms with Crippen molar-refractivity contribution in [2.45, 2.75) is 13.3 Å². The highest BCUT2D eigenvalue weighted by Crippen LogP contribution is 2.38. The first-order valence-electron chi connectivity index (χ1n) is 11.2. The molecule has 1 amide bonds. The summed E-state index contributed by atoms with van der Waals surface area (Å²) >= 11 is 6.95. The third-order valence-corrected chi connectivity index (χ3v) is 7.12. The molecule has 5 rings (SSSR count). The Labute approximate surface area is 214 Å². The van der Waals surface area contributed by atoms with Crippen molar-refractivity contribution in [3.05, 3.63) is 101 Å². The van der Waals surface area contributed by atoms with Crippen molar-refractivity contribution in [1.82, 2.24) is 9.78 Å². The van der Waals surface area contributed by atoms with E-state index >= 15 is 0 Å². The van der Waals surface area contributed by atoms with Gasteiger partial charge in [0.15, 0.2) is 4.32 Å². The Morgan fingerprint density at radius 1 is 1.00 bits per heavy atom. The number of anilines is 1. The van der Waals surface area contributed by atoms with E-state index in [0.717, 1.165) is 45.9 Å². The molecule has 7 heteroatoms. The predicted octanol–water partition coefficient (Wildman–Crippen LogP) is 6.52. The Balaban J connectivity index is 1.58. The molecule has 1 aromatic heterocycles. The highest BCUT2D eigenvalue weighted by atomic mass is 32.2. The van der Waals surface area contributed by atoms with Gasteiger partial charge in [-0.15, -0.1) is 0 Å². The minimum Gasteiger partial charge on any atom is -0.497 e. The Morgan fingerprint density at radius 2 is 1.71 bits per heavy atom. The number of methoxy groups -OCH3 is 1. The van der Waals surface area contributed by atoms with Crippen LogP contribution in [0.25, 0.3) is 23.0 Å². The molecule has 0 unspecified atom stereocenters. The second-order valence-electron chi connectivity index (χ2n) is 7.94. The zero-order valence-corrected chi connectivity index (χ0v) is 21.0. The molecule has 1 saturated heterocycles. The lowest BCUT2D eigenvalue weighted by atomic mass is 10.1. The van der Waals surface area contributed by atoms with Gasteiger partial charge < -0.3 is 4.74 Å². The molecule has 3 aromatic carbocycles. The molecule has 1 aliphatic heterocycles. The number of ether oxygens (including phenoxy) is 1. The number of thioether (sulfide) groups is 1. The molecule has 0 aliphatic carbocycles. The summed E-state index contributed by atoms with van der Waals surface area (Å²) in [5, 5.41) is 4.86. The van der Waals surface area contributed by atoms with Crippen molar-refractivity contribution < 1.29 is 9.53 Å². The van der Waals surface area contributed by atoms with Crippen LogP contribution in [0.5, 0.6) is 5.75 Å². The summed E-state index contributed by atoms with van der Waals surface area (Å²) in [5.41, 5.74) is 5.40. The maximum absolute atomic E-state index is 13.5. The number of hydrogen-bond donors (Lipinski definition) is 0. The average molecular weight is 498 g/mol. The van der Waals surface area contributed by atoms with Crippen LogP contribution in [0.15, 0.2) is 90.0 Å². The topological polar surface area (TPSA) is 47.4 Å². The summed E-state index contributed by atoms with van der Waals surface area (Å²) < 4.78 is 7.67. The number of aromatic nitrogens is 2. The van der Waals surface area contributed by atoms with Gasteiger partial charge >= 0.3 is 0 Å². The van der Waals surface area contributed by atoms with Crippen LogP contribution in [0.3, 0.4) is 0 Å². The van der Waals surface area contributed by atoms with Gasteiger partial charge in [-0.2, -0.15) is 5.10 Å². The third-order valence-electron chi connectivity index (χ3n) is 5.82. The number of para-hydroxylation sites is 2. The van der Waals surface area contributed by atoms with Crippen LogP contribution in [0.2, 0.25) is 0 Å². The van der Waals surface area contributed by atoms with E-state index < -0.39 is 0 Å². The first kappa shape index (κ1) is 23.1. The largest absolute Gasteiger partial charge is 0.497 e. The van der Waals surface area contributed by atoms with Crippen molar-refractivity contribution in [3.8, 4) is 22.7 Å². The van der Waals surface area contributed by atoms with Gasteiger partial charge in [-0.05, 0) is 60.5 Å². The second-order valence-corrected chi connectivity index (χ2v) is 9.62. The summed E-state index contributed by atoms with van der Waals surface area (Å²) in [4.78, 5) is 15.7. The highest BCUT2D eigenvalue weighted by Gasteiger charge is 2.34. The van der Waals surface area contributed by atoms with Crippen LogP contribution in [-0.4, -0.2) is 27.1 Å². The molecule has 174 valence electrons.